The zero-order valence-corrected chi connectivity index (χ0v) is 13.0. The van der Waals surface area contributed by atoms with Gasteiger partial charge in [0, 0.05) is 0 Å². The Kier molecular flexibility index (Phi) is 2.96. The van der Waals surface area contributed by atoms with E-state index in [1.165, 1.54) is 70.6 Å². The smallest absolute Gasteiger partial charge is 0.0692 e. The third-order valence-electron chi connectivity index (χ3n) is 8.15. The minimum atomic E-state index is 0.0963. The highest BCUT2D eigenvalue weighted by molar-refractivity contribution is 5.14. The van der Waals surface area contributed by atoms with Crippen LogP contribution in [0.5, 0.6) is 0 Å². The fraction of sp³-hybridized carbons (Fsp3) is 0.947. The van der Waals surface area contributed by atoms with Crippen molar-refractivity contribution >= 4 is 0 Å². The maximum Gasteiger partial charge on any atom is 0.0692 e. The SMILES string of the molecule is C[C@]12CCCCC1CC[C@H]1[C@@H]3CCC[C@@]3(C#N)CC[C@@H]12. The van der Waals surface area contributed by atoms with Crippen molar-refractivity contribution in [3.8, 4) is 6.07 Å². The van der Waals surface area contributed by atoms with Crippen LogP contribution in [0.25, 0.3) is 0 Å². The molecule has 0 saturated heterocycles. The quantitative estimate of drug-likeness (QED) is 0.585. The van der Waals surface area contributed by atoms with E-state index in [2.05, 4.69) is 13.0 Å². The third kappa shape index (κ3) is 1.60. The van der Waals surface area contributed by atoms with Crippen LogP contribution < -0.4 is 0 Å². The molecule has 0 radical (unpaired) electrons. The molecule has 1 nitrogen and oxygen atoms in total. The molecule has 20 heavy (non-hydrogen) atoms. The minimum Gasteiger partial charge on any atom is -0.198 e. The van der Waals surface area contributed by atoms with Crippen LogP contribution in [0.1, 0.15) is 77.6 Å². The Bertz CT molecular complexity index is 436. The fourth-order valence-corrected chi connectivity index (χ4v) is 7.14. The molecule has 0 aromatic carbocycles. The molecule has 4 saturated carbocycles. The normalized spacial score (nSPS) is 54.4. The van der Waals surface area contributed by atoms with Crippen molar-refractivity contribution in [2.45, 2.75) is 77.6 Å². The highest BCUT2D eigenvalue weighted by atomic mass is 14.6. The van der Waals surface area contributed by atoms with E-state index in [1.807, 2.05) is 0 Å². The average Bonchev–Trinajstić information content (AvgIpc) is 2.91. The van der Waals surface area contributed by atoms with Crippen molar-refractivity contribution in [1.82, 2.24) is 0 Å². The van der Waals surface area contributed by atoms with Gasteiger partial charge in [0.1, 0.15) is 0 Å². The predicted octanol–water partition coefficient (Wildman–Crippen LogP) is 5.31. The van der Waals surface area contributed by atoms with Crippen molar-refractivity contribution in [2.75, 3.05) is 0 Å². The molecule has 4 aliphatic carbocycles. The zero-order chi connectivity index (χ0) is 13.8. The summed E-state index contributed by atoms with van der Waals surface area (Å²) in [6.45, 7) is 2.63. The first-order chi connectivity index (χ1) is 9.70. The van der Waals surface area contributed by atoms with E-state index in [0.29, 0.717) is 5.41 Å². The van der Waals surface area contributed by atoms with Gasteiger partial charge < -0.3 is 0 Å². The minimum absolute atomic E-state index is 0.0963. The first-order valence-corrected chi connectivity index (χ1v) is 9.11. The van der Waals surface area contributed by atoms with Crippen LogP contribution in [-0.4, -0.2) is 0 Å². The Balaban J connectivity index is 1.66. The molecule has 0 spiro atoms. The van der Waals surface area contributed by atoms with Crippen molar-refractivity contribution in [2.24, 2.45) is 34.5 Å². The van der Waals surface area contributed by atoms with Gasteiger partial charge in [0.2, 0.25) is 0 Å². The van der Waals surface area contributed by atoms with Crippen molar-refractivity contribution in [3.05, 3.63) is 0 Å². The number of hydrogen-bond acceptors (Lipinski definition) is 1. The summed E-state index contributed by atoms with van der Waals surface area (Å²) < 4.78 is 0. The first-order valence-electron chi connectivity index (χ1n) is 9.11. The van der Waals surface area contributed by atoms with E-state index < -0.39 is 0 Å². The van der Waals surface area contributed by atoms with Gasteiger partial charge in [-0.1, -0.05) is 26.2 Å². The van der Waals surface area contributed by atoms with Gasteiger partial charge in [0.25, 0.3) is 0 Å². The maximum absolute atomic E-state index is 9.79. The molecular formula is C19H29N. The molecule has 1 heteroatoms. The molecule has 0 aliphatic heterocycles. The lowest BCUT2D eigenvalue weighted by Gasteiger charge is -2.59. The molecule has 6 atom stereocenters. The molecule has 1 unspecified atom stereocenters. The summed E-state index contributed by atoms with van der Waals surface area (Å²) in [6.07, 6.45) is 15.3. The maximum atomic E-state index is 9.79. The van der Waals surface area contributed by atoms with Gasteiger partial charge in [-0.2, -0.15) is 5.26 Å². The molecule has 0 amide bonds. The number of nitrogens with zero attached hydrogens (tertiary/aromatic N) is 1. The molecule has 0 N–H and O–H groups in total. The summed E-state index contributed by atoms with van der Waals surface area (Å²) in [4.78, 5) is 0. The van der Waals surface area contributed by atoms with Gasteiger partial charge >= 0.3 is 0 Å². The number of hydrogen-bond donors (Lipinski definition) is 0. The van der Waals surface area contributed by atoms with E-state index in [1.54, 1.807) is 0 Å². The van der Waals surface area contributed by atoms with Crippen LogP contribution in [0.3, 0.4) is 0 Å². The van der Waals surface area contributed by atoms with E-state index in [-0.39, 0.29) is 5.41 Å². The summed E-state index contributed by atoms with van der Waals surface area (Å²) in [5, 5.41) is 9.79. The molecule has 0 aromatic heterocycles. The van der Waals surface area contributed by atoms with E-state index in [9.17, 15) is 5.26 Å². The van der Waals surface area contributed by atoms with Crippen LogP contribution in [0.2, 0.25) is 0 Å². The first kappa shape index (κ1) is 13.2. The second-order valence-electron chi connectivity index (χ2n) is 8.60. The van der Waals surface area contributed by atoms with Crippen LogP contribution in [-0.2, 0) is 0 Å². The summed E-state index contributed by atoms with van der Waals surface area (Å²) in [6, 6.07) is 2.80. The monoisotopic (exact) mass is 271 g/mol. The van der Waals surface area contributed by atoms with Gasteiger partial charge in [-0.15, -0.1) is 0 Å². The summed E-state index contributed by atoms with van der Waals surface area (Å²) in [5.41, 5.74) is 0.727. The zero-order valence-electron chi connectivity index (χ0n) is 13.0. The second-order valence-corrected chi connectivity index (χ2v) is 8.60. The standard InChI is InChI=1S/C19H29N/c1-18-10-3-2-5-14(18)7-8-15-16(18)9-12-19(13-20)11-4-6-17(15)19/h14-17H,2-12H2,1H3/t14?,15-,16+,17+,18+,19+/m1/s1. The molecule has 0 aromatic rings. The summed E-state index contributed by atoms with van der Waals surface area (Å²) in [7, 11) is 0. The molecule has 0 heterocycles. The van der Waals surface area contributed by atoms with E-state index in [4.69, 9.17) is 0 Å². The lowest BCUT2D eigenvalue weighted by molar-refractivity contribution is -0.0951. The molecule has 4 rings (SSSR count). The number of fused-ring (bicyclic) bond motifs is 5. The fourth-order valence-electron chi connectivity index (χ4n) is 7.14. The highest BCUT2D eigenvalue weighted by Gasteiger charge is 2.58. The van der Waals surface area contributed by atoms with Gasteiger partial charge in [-0.3, -0.25) is 0 Å². The van der Waals surface area contributed by atoms with Crippen LogP contribution in [0.15, 0.2) is 0 Å². The lowest BCUT2D eigenvalue weighted by Crippen LogP contribution is -2.52. The van der Waals surface area contributed by atoms with Gasteiger partial charge in [-0.05, 0) is 80.5 Å². The predicted molar refractivity (Wildman–Crippen MR) is 80.9 cm³/mol. The Hall–Kier alpha value is -0.510. The largest absolute Gasteiger partial charge is 0.198 e. The van der Waals surface area contributed by atoms with Gasteiger partial charge in [0.15, 0.2) is 0 Å². The molecule has 4 fully saturated rings. The van der Waals surface area contributed by atoms with Crippen LogP contribution in [0.4, 0.5) is 0 Å². The molecule has 0 bridgehead atoms. The Labute approximate surface area is 124 Å². The lowest BCUT2D eigenvalue weighted by atomic mass is 9.45. The Morgan fingerprint density at radius 3 is 2.60 bits per heavy atom. The third-order valence-corrected chi connectivity index (χ3v) is 8.15. The van der Waals surface area contributed by atoms with E-state index >= 15 is 0 Å². The summed E-state index contributed by atoms with van der Waals surface area (Å²) >= 11 is 0. The second kappa shape index (κ2) is 4.49. The highest BCUT2D eigenvalue weighted by Crippen LogP contribution is 2.66. The van der Waals surface area contributed by atoms with E-state index in [0.717, 1.165) is 23.7 Å². The number of nitriles is 1. The average molecular weight is 271 g/mol. The molecule has 4 aliphatic rings. The Morgan fingerprint density at radius 2 is 1.75 bits per heavy atom. The van der Waals surface area contributed by atoms with Crippen molar-refractivity contribution in [1.29, 1.82) is 5.26 Å². The molecule has 110 valence electrons. The van der Waals surface area contributed by atoms with Gasteiger partial charge in [0.05, 0.1) is 11.5 Å². The summed E-state index contributed by atoms with van der Waals surface area (Å²) in [5.74, 6) is 3.61. The topological polar surface area (TPSA) is 23.8 Å². The van der Waals surface area contributed by atoms with Crippen molar-refractivity contribution < 1.29 is 0 Å². The van der Waals surface area contributed by atoms with Gasteiger partial charge in [-0.25, -0.2) is 0 Å². The van der Waals surface area contributed by atoms with Crippen LogP contribution >= 0.6 is 0 Å². The Morgan fingerprint density at radius 1 is 0.850 bits per heavy atom. The van der Waals surface area contributed by atoms with Crippen LogP contribution in [0, 0.1) is 45.8 Å². The molecular weight excluding hydrogens is 242 g/mol. The number of rotatable bonds is 0. The van der Waals surface area contributed by atoms with Crippen molar-refractivity contribution in [3.63, 3.8) is 0 Å².